The quantitative estimate of drug-likeness (QED) is 0.763. The van der Waals surface area contributed by atoms with Crippen LogP contribution >= 0.6 is 0 Å². The van der Waals surface area contributed by atoms with Crippen molar-refractivity contribution in [1.82, 2.24) is 0 Å². The lowest BCUT2D eigenvalue weighted by Gasteiger charge is -2.18. The highest BCUT2D eigenvalue weighted by atomic mass is 16.5. The summed E-state index contributed by atoms with van der Waals surface area (Å²) in [4.78, 5) is 12.0. The third-order valence-electron chi connectivity index (χ3n) is 2.79. The number of carbonyl (C=O) groups is 1. The summed E-state index contributed by atoms with van der Waals surface area (Å²) in [6.45, 7) is 7.10. The Morgan fingerprint density at radius 3 is 2.80 bits per heavy atom. The van der Waals surface area contributed by atoms with E-state index >= 15 is 0 Å². The number of nitrogens with two attached hydrogens (primary N) is 1. The van der Waals surface area contributed by atoms with Crippen molar-refractivity contribution in [3.05, 3.63) is 29.8 Å². The zero-order chi connectivity index (χ0) is 15.0. The topological polar surface area (TPSA) is 73.6 Å². The van der Waals surface area contributed by atoms with Gasteiger partial charge in [-0.15, -0.1) is 0 Å². The third kappa shape index (κ3) is 5.69. The molecule has 0 saturated heterocycles. The highest BCUT2D eigenvalue weighted by Gasteiger charge is 2.16. The maximum Gasteiger partial charge on any atom is 0.253 e. The van der Waals surface area contributed by atoms with Crippen LogP contribution in [0, 0.1) is 0 Å². The van der Waals surface area contributed by atoms with Gasteiger partial charge in [0.15, 0.2) is 0 Å². The van der Waals surface area contributed by atoms with Crippen LogP contribution in [0.4, 0.5) is 5.69 Å². The number of rotatable bonds is 8. The van der Waals surface area contributed by atoms with E-state index in [1.807, 2.05) is 38.1 Å². The smallest absolute Gasteiger partial charge is 0.253 e. The van der Waals surface area contributed by atoms with Gasteiger partial charge in [-0.05, 0) is 38.5 Å². The maximum atomic E-state index is 12.0. The van der Waals surface area contributed by atoms with Crippen LogP contribution in [0.5, 0.6) is 0 Å². The maximum absolute atomic E-state index is 12.0. The van der Waals surface area contributed by atoms with Crippen LogP contribution in [-0.4, -0.2) is 31.3 Å². The summed E-state index contributed by atoms with van der Waals surface area (Å²) >= 11 is 0. The fraction of sp³-hybridized carbons (Fsp3) is 0.533. The zero-order valence-corrected chi connectivity index (χ0v) is 12.4. The number of hydrogen-bond acceptors (Lipinski definition) is 4. The number of nitrogens with one attached hydrogen (secondary N) is 1. The Morgan fingerprint density at radius 1 is 1.40 bits per heavy atom. The largest absolute Gasteiger partial charge is 0.379 e. The normalized spacial score (nSPS) is 13.8. The Labute approximate surface area is 120 Å². The Hall–Kier alpha value is -1.43. The van der Waals surface area contributed by atoms with Gasteiger partial charge in [0.2, 0.25) is 0 Å². The summed E-state index contributed by atoms with van der Waals surface area (Å²) in [5.41, 5.74) is 7.27. The van der Waals surface area contributed by atoms with E-state index in [0.717, 1.165) is 11.3 Å². The number of hydrogen-bond donors (Lipinski definition) is 2. The van der Waals surface area contributed by atoms with Crippen LogP contribution in [-0.2, 0) is 20.8 Å². The van der Waals surface area contributed by atoms with Crippen LogP contribution in [0.1, 0.15) is 26.3 Å². The Balaban J connectivity index is 2.48. The summed E-state index contributed by atoms with van der Waals surface area (Å²) in [6.07, 6.45) is -0.655. The lowest BCUT2D eigenvalue weighted by Crippen LogP contribution is -2.32. The van der Waals surface area contributed by atoms with E-state index in [0.29, 0.717) is 19.8 Å². The van der Waals surface area contributed by atoms with Crippen LogP contribution in [0.3, 0.4) is 0 Å². The first kappa shape index (κ1) is 16.6. The van der Waals surface area contributed by atoms with Gasteiger partial charge in [-0.3, -0.25) is 4.79 Å². The summed E-state index contributed by atoms with van der Waals surface area (Å²) in [5.74, 6) is -0.178. The molecule has 5 nitrogen and oxygen atoms in total. The molecule has 2 atom stereocenters. The second kappa shape index (κ2) is 8.68. The van der Waals surface area contributed by atoms with Gasteiger partial charge in [0.25, 0.3) is 5.91 Å². The molecule has 0 radical (unpaired) electrons. The van der Waals surface area contributed by atoms with E-state index in [4.69, 9.17) is 15.2 Å². The summed E-state index contributed by atoms with van der Waals surface area (Å²) < 4.78 is 10.8. The molecule has 1 amide bonds. The summed E-state index contributed by atoms with van der Waals surface area (Å²) in [7, 11) is 0. The first-order valence-corrected chi connectivity index (χ1v) is 6.89. The molecule has 0 aliphatic carbocycles. The minimum Gasteiger partial charge on any atom is -0.379 e. The van der Waals surface area contributed by atoms with Gasteiger partial charge >= 0.3 is 0 Å². The van der Waals surface area contributed by atoms with Gasteiger partial charge in [0.1, 0.15) is 6.10 Å². The van der Waals surface area contributed by atoms with Gasteiger partial charge in [0, 0.05) is 18.8 Å². The number of ether oxygens (including phenoxy) is 2. The molecule has 0 fully saturated rings. The van der Waals surface area contributed by atoms with Crippen LogP contribution < -0.4 is 11.1 Å². The van der Waals surface area contributed by atoms with Crippen LogP contribution in [0.2, 0.25) is 0 Å². The lowest BCUT2D eigenvalue weighted by molar-refractivity contribution is -0.131. The first-order chi connectivity index (χ1) is 9.56. The van der Waals surface area contributed by atoms with Gasteiger partial charge in [0.05, 0.1) is 12.7 Å². The van der Waals surface area contributed by atoms with Crippen LogP contribution in [0.25, 0.3) is 0 Å². The first-order valence-electron chi connectivity index (χ1n) is 6.89. The van der Waals surface area contributed by atoms with Crippen LogP contribution in [0.15, 0.2) is 24.3 Å². The van der Waals surface area contributed by atoms with Crippen molar-refractivity contribution in [3.8, 4) is 0 Å². The zero-order valence-electron chi connectivity index (χ0n) is 12.4. The molecule has 2 unspecified atom stereocenters. The lowest BCUT2D eigenvalue weighted by atomic mass is 10.2. The fourth-order valence-electron chi connectivity index (χ4n) is 1.75. The van der Waals surface area contributed by atoms with Crippen molar-refractivity contribution in [1.29, 1.82) is 0 Å². The van der Waals surface area contributed by atoms with Crippen molar-refractivity contribution >= 4 is 11.6 Å². The molecule has 0 aliphatic heterocycles. The molecular formula is C15H24N2O3. The molecule has 1 aromatic rings. The molecule has 0 aromatic heterocycles. The number of carbonyl (C=O) groups excluding carboxylic acids is 1. The van der Waals surface area contributed by atoms with E-state index in [2.05, 4.69) is 5.32 Å². The highest BCUT2D eigenvalue weighted by molar-refractivity contribution is 5.93. The Bertz CT molecular complexity index is 423. The van der Waals surface area contributed by atoms with E-state index < -0.39 is 6.10 Å². The summed E-state index contributed by atoms with van der Waals surface area (Å²) in [5, 5.41) is 2.82. The van der Waals surface area contributed by atoms with E-state index in [1.165, 1.54) is 0 Å². The third-order valence-corrected chi connectivity index (χ3v) is 2.79. The second-order valence-electron chi connectivity index (χ2n) is 4.64. The number of anilines is 1. The minimum atomic E-state index is -0.535. The number of benzene rings is 1. The molecule has 1 aromatic carbocycles. The van der Waals surface area contributed by atoms with Crippen molar-refractivity contribution in [2.45, 2.75) is 39.5 Å². The molecule has 0 spiro atoms. The molecule has 20 heavy (non-hydrogen) atoms. The van der Waals surface area contributed by atoms with Gasteiger partial charge in [-0.1, -0.05) is 12.1 Å². The fourth-order valence-corrected chi connectivity index (χ4v) is 1.75. The van der Waals surface area contributed by atoms with E-state index in [9.17, 15) is 4.79 Å². The molecule has 112 valence electrons. The molecule has 5 heteroatoms. The van der Waals surface area contributed by atoms with Gasteiger partial charge in [-0.25, -0.2) is 0 Å². The summed E-state index contributed by atoms with van der Waals surface area (Å²) in [6, 6.07) is 7.46. The van der Waals surface area contributed by atoms with Crippen molar-refractivity contribution in [3.63, 3.8) is 0 Å². The molecule has 0 heterocycles. The van der Waals surface area contributed by atoms with E-state index in [1.54, 1.807) is 6.92 Å². The Kier molecular flexibility index (Phi) is 7.22. The van der Waals surface area contributed by atoms with E-state index in [-0.39, 0.29) is 12.0 Å². The minimum absolute atomic E-state index is 0.119. The standard InChI is InChI=1S/C15H24N2O3/c1-4-19-10-11(2)20-12(3)15(18)17-14-7-5-6-13(8-14)9-16/h5-8,11-12H,4,9-10,16H2,1-3H3,(H,17,18). The Morgan fingerprint density at radius 2 is 2.15 bits per heavy atom. The second-order valence-corrected chi connectivity index (χ2v) is 4.64. The average molecular weight is 280 g/mol. The average Bonchev–Trinajstić information content (AvgIpc) is 2.45. The van der Waals surface area contributed by atoms with Gasteiger partial charge < -0.3 is 20.5 Å². The molecular weight excluding hydrogens is 256 g/mol. The highest BCUT2D eigenvalue weighted by Crippen LogP contribution is 2.11. The molecule has 3 N–H and O–H groups in total. The molecule has 0 bridgehead atoms. The monoisotopic (exact) mass is 280 g/mol. The number of amides is 1. The van der Waals surface area contributed by atoms with Crippen molar-refractivity contribution in [2.24, 2.45) is 5.73 Å². The van der Waals surface area contributed by atoms with Gasteiger partial charge in [-0.2, -0.15) is 0 Å². The van der Waals surface area contributed by atoms with Crippen molar-refractivity contribution in [2.75, 3.05) is 18.5 Å². The SMILES string of the molecule is CCOCC(C)OC(C)C(=O)Nc1cccc(CN)c1. The molecule has 0 saturated carbocycles. The predicted octanol–water partition coefficient (Wildman–Crippen LogP) is 1.91. The molecule has 1 rings (SSSR count). The molecule has 0 aliphatic rings. The van der Waals surface area contributed by atoms with Crippen molar-refractivity contribution < 1.29 is 14.3 Å². The predicted molar refractivity (Wildman–Crippen MR) is 79.5 cm³/mol.